The van der Waals surface area contributed by atoms with Crippen LogP contribution in [0.25, 0.3) is 0 Å². The van der Waals surface area contributed by atoms with Crippen molar-refractivity contribution < 1.29 is 0 Å². The lowest BCUT2D eigenvalue weighted by molar-refractivity contribution is 0.826. The summed E-state index contributed by atoms with van der Waals surface area (Å²) in [4.78, 5) is 26.8. The van der Waals surface area contributed by atoms with Crippen LogP contribution < -0.4 is 16.6 Å². The van der Waals surface area contributed by atoms with Crippen LogP contribution in [0.1, 0.15) is 25.3 Å². The third-order valence-electron chi connectivity index (χ3n) is 2.01. The molecule has 78 valence electrons. The van der Waals surface area contributed by atoms with Crippen LogP contribution in [0.3, 0.4) is 0 Å². The molecule has 5 heteroatoms. The van der Waals surface area contributed by atoms with Crippen LogP contribution in [0, 0.1) is 6.92 Å². The maximum absolute atomic E-state index is 11.2. The summed E-state index contributed by atoms with van der Waals surface area (Å²) >= 11 is 0. The largest absolute Gasteiger partial charge is 0.371 e. The molecule has 14 heavy (non-hydrogen) atoms. The van der Waals surface area contributed by atoms with Crippen molar-refractivity contribution >= 4 is 5.82 Å². The van der Waals surface area contributed by atoms with Crippen molar-refractivity contribution in [3.05, 3.63) is 26.4 Å². The van der Waals surface area contributed by atoms with E-state index in [1.807, 2.05) is 0 Å². The maximum atomic E-state index is 11.2. The third-order valence-corrected chi connectivity index (χ3v) is 2.01. The summed E-state index contributed by atoms with van der Waals surface area (Å²) in [7, 11) is 0. The average Bonchev–Trinajstić information content (AvgIpc) is 2.13. The van der Waals surface area contributed by atoms with Gasteiger partial charge in [0.2, 0.25) is 0 Å². The number of nitrogens with one attached hydrogen (secondary N) is 3. The molecule has 0 aromatic carbocycles. The fourth-order valence-corrected chi connectivity index (χ4v) is 1.12. The van der Waals surface area contributed by atoms with Crippen LogP contribution in [0.15, 0.2) is 9.59 Å². The number of aromatic amines is 2. The Balaban J connectivity index is 2.86. The maximum Gasteiger partial charge on any atom is 0.327 e. The molecule has 1 aromatic rings. The van der Waals surface area contributed by atoms with Gasteiger partial charge in [-0.3, -0.25) is 14.8 Å². The number of anilines is 1. The van der Waals surface area contributed by atoms with Gasteiger partial charge in [-0.2, -0.15) is 0 Å². The lowest BCUT2D eigenvalue weighted by atomic mass is 10.3. The molecule has 1 heterocycles. The predicted molar refractivity (Wildman–Crippen MR) is 55.8 cm³/mol. The first-order valence-electron chi connectivity index (χ1n) is 4.72. The number of H-pyrrole nitrogens is 2. The van der Waals surface area contributed by atoms with Gasteiger partial charge in [0.05, 0.1) is 5.56 Å². The molecule has 0 bridgehead atoms. The summed E-state index contributed by atoms with van der Waals surface area (Å²) in [5.41, 5.74) is -0.298. The second-order valence-corrected chi connectivity index (χ2v) is 3.19. The van der Waals surface area contributed by atoms with Crippen molar-refractivity contribution in [1.82, 2.24) is 9.97 Å². The molecule has 0 unspecified atom stereocenters. The highest BCUT2D eigenvalue weighted by atomic mass is 16.2. The second-order valence-electron chi connectivity index (χ2n) is 3.19. The molecule has 0 aliphatic rings. The van der Waals surface area contributed by atoms with Gasteiger partial charge in [0.15, 0.2) is 0 Å². The smallest absolute Gasteiger partial charge is 0.327 e. The fourth-order valence-electron chi connectivity index (χ4n) is 1.12. The lowest BCUT2D eigenvalue weighted by Crippen LogP contribution is -2.26. The monoisotopic (exact) mass is 197 g/mol. The van der Waals surface area contributed by atoms with Gasteiger partial charge in [0.1, 0.15) is 5.82 Å². The van der Waals surface area contributed by atoms with E-state index < -0.39 is 5.69 Å². The number of rotatable bonds is 4. The summed E-state index contributed by atoms with van der Waals surface area (Å²) in [5.74, 6) is 0.521. The summed E-state index contributed by atoms with van der Waals surface area (Å²) in [6.07, 6.45) is 2.08. The first-order valence-corrected chi connectivity index (χ1v) is 4.72. The van der Waals surface area contributed by atoms with Crippen LogP contribution in [0.2, 0.25) is 0 Å². The summed E-state index contributed by atoms with van der Waals surface area (Å²) in [6.45, 7) is 4.51. The molecule has 5 nitrogen and oxygen atoms in total. The summed E-state index contributed by atoms with van der Waals surface area (Å²) < 4.78 is 0. The first kappa shape index (κ1) is 10.6. The van der Waals surface area contributed by atoms with Gasteiger partial charge in [-0.1, -0.05) is 13.3 Å². The van der Waals surface area contributed by atoms with E-state index in [9.17, 15) is 9.59 Å². The molecular weight excluding hydrogens is 182 g/mol. The predicted octanol–water partition coefficient (Wildman–Crippen LogP) is 0.584. The van der Waals surface area contributed by atoms with Crippen molar-refractivity contribution in [2.24, 2.45) is 0 Å². The Kier molecular flexibility index (Phi) is 3.50. The van der Waals surface area contributed by atoms with Crippen LogP contribution in [0.5, 0.6) is 0 Å². The Hall–Kier alpha value is -1.52. The van der Waals surface area contributed by atoms with Gasteiger partial charge in [-0.05, 0) is 13.3 Å². The minimum atomic E-state index is -0.473. The molecule has 0 aliphatic carbocycles. The van der Waals surface area contributed by atoms with Crippen molar-refractivity contribution in [2.75, 3.05) is 11.9 Å². The highest BCUT2D eigenvalue weighted by Gasteiger charge is 2.02. The molecule has 0 radical (unpaired) electrons. The van der Waals surface area contributed by atoms with E-state index in [0.717, 1.165) is 19.4 Å². The minimum Gasteiger partial charge on any atom is -0.371 e. The molecule has 1 rings (SSSR count). The van der Waals surface area contributed by atoms with Gasteiger partial charge < -0.3 is 5.32 Å². The zero-order valence-corrected chi connectivity index (χ0v) is 8.44. The van der Waals surface area contributed by atoms with E-state index in [0.29, 0.717) is 11.4 Å². The van der Waals surface area contributed by atoms with E-state index in [4.69, 9.17) is 0 Å². The molecule has 3 N–H and O–H groups in total. The SMILES string of the molecule is CCCCNc1[nH]c(=O)[nH]c(=O)c1C. The zero-order valence-electron chi connectivity index (χ0n) is 8.44. The number of unbranched alkanes of at least 4 members (excludes halogenated alkanes) is 1. The Morgan fingerprint density at radius 3 is 2.64 bits per heavy atom. The average molecular weight is 197 g/mol. The molecule has 0 aliphatic heterocycles. The van der Waals surface area contributed by atoms with Gasteiger partial charge in [-0.15, -0.1) is 0 Å². The van der Waals surface area contributed by atoms with Gasteiger partial charge in [-0.25, -0.2) is 4.79 Å². The molecule has 1 aromatic heterocycles. The highest BCUT2D eigenvalue weighted by Crippen LogP contribution is 2.02. The fraction of sp³-hybridized carbons (Fsp3) is 0.556. The molecular formula is C9H15N3O2. The molecule has 0 amide bonds. The Labute approximate surface area is 81.6 Å². The van der Waals surface area contributed by atoms with Crippen molar-refractivity contribution in [1.29, 1.82) is 0 Å². The Morgan fingerprint density at radius 2 is 2.00 bits per heavy atom. The second kappa shape index (κ2) is 4.64. The Bertz CT molecular complexity index is 405. The molecule has 0 saturated heterocycles. The highest BCUT2D eigenvalue weighted by molar-refractivity contribution is 5.40. The number of hydrogen-bond donors (Lipinski definition) is 3. The lowest BCUT2D eigenvalue weighted by Gasteiger charge is -2.06. The van der Waals surface area contributed by atoms with Crippen LogP contribution in [0.4, 0.5) is 5.82 Å². The first-order chi connectivity index (χ1) is 6.65. The summed E-state index contributed by atoms with van der Waals surface area (Å²) in [5, 5.41) is 3.02. The van der Waals surface area contributed by atoms with E-state index in [1.54, 1.807) is 6.92 Å². The van der Waals surface area contributed by atoms with E-state index in [1.165, 1.54) is 0 Å². The van der Waals surface area contributed by atoms with Crippen LogP contribution in [-0.4, -0.2) is 16.5 Å². The standard InChI is InChI=1S/C9H15N3O2/c1-3-4-5-10-7-6(2)8(13)12-9(14)11-7/h3-5H2,1-2H3,(H3,10,11,12,13,14). The Morgan fingerprint density at radius 1 is 1.29 bits per heavy atom. The van der Waals surface area contributed by atoms with Crippen LogP contribution >= 0.6 is 0 Å². The van der Waals surface area contributed by atoms with E-state index in [2.05, 4.69) is 22.2 Å². The number of hydrogen-bond acceptors (Lipinski definition) is 3. The molecule has 0 saturated carbocycles. The van der Waals surface area contributed by atoms with Crippen molar-refractivity contribution in [3.8, 4) is 0 Å². The normalized spacial score (nSPS) is 10.1. The van der Waals surface area contributed by atoms with Crippen molar-refractivity contribution in [2.45, 2.75) is 26.7 Å². The van der Waals surface area contributed by atoms with Gasteiger partial charge >= 0.3 is 5.69 Å². The zero-order chi connectivity index (χ0) is 10.6. The third kappa shape index (κ3) is 2.48. The van der Waals surface area contributed by atoms with Crippen LogP contribution in [-0.2, 0) is 0 Å². The summed E-state index contributed by atoms with van der Waals surface area (Å²) in [6, 6.07) is 0. The number of aromatic nitrogens is 2. The topological polar surface area (TPSA) is 77.8 Å². The quantitative estimate of drug-likeness (QED) is 0.618. The van der Waals surface area contributed by atoms with E-state index >= 15 is 0 Å². The van der Waals surface area contributed by atoms with Gasteiger partial charge in [0, 0.05) is 6.54 Å². The molecule has 0 spiro atoms. The van der Waals surface area contributed by atoms with Gasteiger partial charge in [0.25, 0.3) is 5.56 Å². The molecule has 0 atom stereocenters. The van der Waals surface area contributed by atoms with E-state index in [-0.39, 0.29) is 5.56 Å². The molecule has 0 fully saturated rings. The minimum absolute atomic E-state index is 0.340. The van der Waals surface area contributed by atoms with Crippen molar-refractivity contribution in [3.63, 3.8) is 0 Å².